The lowest BCUT2D eigenvalue weighted by atomic mass is 10.2. The molecule has 0 atom stereocenters. The maximum atomic E-state index is 5.80. The average Bonchev–Trinajstić information content (AvgIpc) is 2.51. The van der Waals surface area contributed by atoms with Crippen LogP contribution in [0.2, 0.25) is 0 Å². The average molecular weight is 176 g/mol. The van der Waals surface area contributed by atoms with Gasteiger partial charge < -0.3 is 16.9 Å². The number of benzene rings is 1. The highest BCUT2D eigenvalue weighted by Gasteiger charge is 2.06. The second-order valence-corrected chi connectivity index (χ2v) is 2.94. The fourth-order valence-corrected chi connectivity index (χ4v) is 1.51. The van der Waals surface area contributed by atoms with Gasteiger partial charge in [-0.15, -0.1) is 0 Å². The quantitative estimate of drug-likeness (QED) is 0.448. The first kappa shape index (κ1) is 7.79. The summed E-state index contributed by atoms with van der Waals surface area (Å²) < 4.78 is 1.57. The van der Waals surface area contributed by atoms with E-state index < -0.39 is 0 Å². The van der Waals surface area contributed by atoms with E-state index in [1.807, 2.05) is 25.2 Å². The van der Waals surface area contributed by atoms with E-state index in [2.05, 4.69) is 5.32 Å². The third-order valence-electron chi connectivity index (χ3n) is 2.18. The van der Waals surface area contributed by atoms with E-state index in [0.717, 1.165) is 22.3 Å². The summed E-state index contributed by atoms with van der Waals surface area (Å²) in [6, 6.07) is 5.70. The largest absolute Gasteiger partial charge is 0.398 e. The number of rotatable bonds is 1. The molecule has 0 aliphatic carbocycles. The van der Waals surface area contributed by atoms with Crippen molar-refractivity contribution in [1.82, 2.24) is 4.68 Å². The summed E-state index contributed by atoms with van der Waals surface area (Å²) in [5.41, 5.74) is 8.46. The lowest BCUT2D eigenvalue weighted by Gasteiger charge is -2.06. The van der Waals surface area contributed by atoms with Gasteiger partial charge in [0.15, 0.2) is 0 Å². The summed E-state index contributed by atoms with van der Waals surface area (Å²) in [5.74, 6) is 5.74. The van der Waals surface area contributed by atoms with Crippen molar-refractivity contribution in [1.29, 1.82) is 0 Å². The van der Waals surface area contributed by atoms with Crippen molar-refractivity contribution in [2.45, 2.75) is 0 Å². The van der Waals surface area contributed by atoms with Gasteiger partial charge in [-0.05, 0) is 18.2 Å². The molecule has 0 spiro atoms. The van der Waals surface area contributed by atoms with E-state index >= 15 is 0 Å². The zero-order chi connectivity index (χ0) is 9.42. The van der Waals surface area contributed by atoms with E-state index in [-0.39, 0.29) is 0 Å². The van der Waals surface area contributed by atoms with Gasteiger partial charge in [0, 0.05) is 24.3 Å². The van der Waals surface area contributed by atoms with Crippen LogP contribution in [0.15, 0.2) is 24.4 Å². The number of nitrogens with one attached hydrogen (secondary N) is 1. The molecular formula is C9H12N4. The van der Waals surface area contributed by atoms with Crippen LogP contribution in [-0.4, -0.2) is 11.7 Å². The van der Waals surface area contributed by atoms with Crippen LogP contribution in [0.3, 0.4) is 0 Å². The zero-order valence-electron chi connectivity index (χ0n) is 7.41. The first-order chi connectivity index (χ1) is 6.24. The fraction of sp³-hybridized carbons (Fsp3) is 0.111. The smallest absolute Gasteiger partial charge is 0.0941 e. The molecule has 4 nitrogen and oxygen atoms in total. The van der Waals surface area contributed by atoms with Crippen LogP contribution >= 0.6 is 0 Å². The number of hydrogen-bond acceptors (Lipinski definition) is 3. The molecule has 0 saturated carbocycles. The summed E-state index contributed by atoms with van der Waals surface area (Å²) in [7, 11) is 1.86. The third kappa shape index (κ3) is 0.989. The molecule has 5 N–H and O–H groups in total. The van der Waals surface area contributed by atoms with Crippen LogP contribution in [-0.2, 0) is 0 Å². The molecule has 13 heavy (non-hydrogen) atoms. The van der Waals surface area contributed by atoms with E-state index in [9.17, 15) is 0 Å². The van der Waals surface area contributed by atoms with Crippen molar-refractivity contribution in [2.75, 3.05) is 23.9 Å². The lowest BCUT2D eigenvalue weighted by molar-refractivity contribution is 1.07. The first-order valence-electron chi connectivity index (χ1n) is 4.06. The molecule has 1 aromatic carbocycles. The molecule has 4 heteroatoms. The van der Waals surface area contributed by atoms with E-state index in [4.69, 9.17) is 11.6 Å². The van der Waals surface area contributed by atoms with Gasteiger partial charge in [0.1, 0.15) is 0 Å². The summed E-state index contributed by atoms with van der Waals surface area (Å²) in [4.78, 5) is 0. The van der Waals surface area contributed by atoms with Crippen LogP contribution in [0, 0.1) is 0 Å². The molecule has 0 unspecified atom stereocenters. The Morgan fingerprint density at radius 2 is 2.08 bits per heavy atom. The number of hydrogen-bond donors (Lipinski definition) is 3. The van der Waals surface area contributed by atoms with Crippen molar-refractivity contribution >= 4 is 22.3 Å². The minimum absolute atomic E-state index is 0.748. The number of anilines is 2. The molecule has 2 rings (SSSR count). The molecule has 0 bridgehead atoms. The van der Waals surface area contributed by atoms with E-state index in [1.165, 1.54) is 0 Å². The number of nitrogens with two attached hydrogens (primary N) is 2. The van der Waals surface area contributed by atoms with Gasteiger partial charge in [-0.2, -0.15) is 0 Å². The molecule has 0 aliphatic rings. The number of fused-ring (bicyclic) bond motifs is 1. The summed E-state index contributed by atoms with van der Waals surface area (Å²) in [5, 5.41) is 4.05. The Morgan fingerprint density at radius 1 is 1.31 bits per heavy atom. The van der Waals surface area contributed by atoms with Crippen LogP contribution in [0.1, 0.15) is 0 Å². The highest BCUT2D eigenvalue weighted by atomic mass is 15.3. The highest BCUT2D eigenvalue weighted by molar-refractivity contribution is 5.99. The van der Waals surface area contributed by atoms with Crippen molar-refractivity contribution in [3.05, 3.63) is 24.4 Å². The minimum atomic E-state index is 0.748. The van der Waals surface area contributed by atoms with Gasteiger partial charge in [0.2, 0.25) is 0 Å². The normalized spacial score (nSPS) is 10.5. The molecule has 2 aromatic rings. The standard InChI is InChI=1S/C9H12N4/c1-12-8-3-2-7(10)6-4-5-13(11)9(6)8/h2-5,12H,10-11H2,1H3. The first-order valence-corrected chi connectivity index (χ1v) is 4.06. The molecule has 0 amide bonds. The Bertz CT molecular complexity index is 444. The molecule has 1 aromatic heterocycles. The summed E-state index contributed by atoms with van der Waals surface area (Å²) >= 11 is 0. The van der Waals surface area contributed by atoms with E-state index in [1.54, 1.807) is 10.9 Å². The maximum Gasteiger partial charge on any atom is 0.0941 e. The Hall–Kier alpha value is -1.84. The molecule has 0 radical (unpaired) electrons. The van der Waals surface area contributed by atoms with Gasteiger partial charge in [0.25, 0.3) is 0 Å². The Balaban J connectivity index is 2.88. The van der Waals surface area contributed by atoms with Crippen LogP contribution in [0.4, 0.5) is 11.4 Å². The Morgan fingerprint density at radius 3 is 2.77 bits per heavy atom. The number of nitrogen functional groups attached to an aromatic ring is 2. The fourth-order valence-electron chi connectivity index (χ4n) is 1.51. The third-order valence-corrected chi connectivity index (χ3v) is 2.18. The molecule has 1 heterocycles. The van der Waals surface area contributed by atoms with Crippen molar-refractivity contribution in [3.8, 4) is 0 Å². The molecular weight excluding hydrogens is 164 g/mol. The van der Waals surface area contributed by atoms with Gasteiger partial charge in [0.05, 0.1) is 11.2 Å². The maximum absolute atomic E-state index is 5.80. The van der Waals surface area contributed by atoms with Crippen LogP contribution in [0.5, 0.6) is 0 Å². The lowest BCUT2D eigenvalue weighted by Crippen LogP contribution is -2.07. The Kier molecular flexibility index (Phi) is 1.55. The topological polar surface area (TPSA) is 69.0 Å². The van der Waals surface area contributed by atoms with Crippen LogP contribution < -0.4 is 16.9 Å². The van der Waals surface area contributed by atoms with Crippen LogP contribution in [0.25, 0.3) is 10.9 Å². The summed E-state index contributed by atoms with van der Waals surface area (Å²) in [6.07, 6.45) is 1.79. The van der Waals surface area contributed by atoms with Gasteiger partial charge in [-0.3, -0.25) is 4.68 Å². The second kappa shape index (κ2) is 2.58. The molecule has 0 fully saturated rings. The van der Waals surface area contributed by atoms with Crippen molar-refractivity contribution < 1.29 is 0 Å². The zero-order valence-corrected chi connectivity index (χ0v) is 7.41. The van der Waals surface area contributed by atoms with Gasteiger partial charge >= 0.3 is 0 Å². The Labute approximate surface area is 76.1 Å². The predicted octanol–water partition coefficient (Wildman–Crippen LogP) is 0.979. The molecule has 0 saturated heterocycles. The van der Waals surface area contributed by atoms with E-state index in [0.29, 0.717) is 0 Å². The highest BCUT2D eigenvalue weighted by Crippen LogP contribution is 2.27. The number of nitrogens with zero attached hydrogens (tertiary/aromatic N) is 1. The molecule has 68 valence electrons. The molecule has 0 aliphatic heterocycles. The number of aromatic nitrogens is 1. The van der Waals surface area contributed by atoms with Gasteiger partial charge in [-0.25, -0.2) is 0 Å². The SMILES string of the molecule is CNc1ccc(N)c2ccn(N)c12. The van der Waals surface area contributed by atoms with Gasteiger partial charge in [-0.1, -0.05) is 0 Å². The second-order valence-electron chi connectivity index (χ2n) is 2.94. The predicted molar refractivity (Wildman–Crippen MR) is 56.0 cm³/mol. The monoisotopic (exact) mass is 176 g/mol. The summed E-state index contributed by atoms with van der Waals surface area (Å²) in [6.45, 7) is 0. The van der Waals surface area contributed by atoms with Crippen molar-refractivity contribution in [2.24, 2.45) is 0 Å². The van der Waals surface area contributed by atoms with Crippen molar-refractivity contribution in [3.63, 3.8) is 0 Å². The minimum Gasteiger partial charge on any atom is -0.398 e.